The molecule has 0 aliphatic carbocycles. The van der Waals surface area contributed by atoms with Crippen molar-refractivity contribution < 1.29 is 22.3 Å². The molecule has 4 aromatic carbocycles. The molecule has 4 rings (SSSR count). The molecular weight excluding hydrogens is 404 g/mol. The summed E-state index contributed by atoms with van der Waals surface area (Å²) in [4.78, 5) is 0. The van der Waals surface area contributed by atoms with E-state index in [2.05, 4.69) is 11.8 Å². The second-order valence-electron chi connectivity index (χ2n) is 7.02. The third-order valence-corrected chi connectivity index (χ3v) is 4.83. The van der Waals surface area contributed by atoms with Crippen molar-refractivity contribution in [2.24, 2.45) is 0 Å². The topological polar surface area (TPSA) is 9.23 Å². The van der Waals surface area contributed by atoms with Crippen molar-refractivity contribution in [2.45, 2.75) is 6.61 Å². The van der Waals surface area contributed by atoms with Gasteiger partial charge in [0.15, 0.2) is 0 Å². The van der Waals surface area contributed by atoms with Gasteiger partial charge in [0.25, 0.3) is 0 Å². The van der Waals surface area contributed by atoms with Crippen molar-refractivity contribution in [3.8, 4) is 23.0 Å². The summed E-state index contributed by atoms with van der Waals surface area (Å²) in [6.45, 7) is 0.234. The molecule has 0 aliphatic heterocycles. The average molecular weight is 420 g/mol. The predicted molar refractivity (Wildman–Crippen MR) is 112 cm³/mol. The third-order valence-electron chi connectivity index (χ3n) is 4.83. The molecule has 0 saturated carbocycles. The molecule has 4 aromatic rings. The van der Waals surface area contributed by atoms with Gasteiger partial charge in [-0.1, -0.05) is 36.1 Å². The molecule has 0 amide bonds. The first-order chi connectivity index (χ1) is 14.9. The number of benzene rings is 4. The molecule has 0 bridgehead atoms. The molecule has 0 unspecified atom stereocenters. The molecule has 0 fully saturated rings. The molecule has 0 saturated heterocycles. The molecule has 0 spiro atoms. The number of rotatable bonds is 3. The lowest BCUT2D eigenvalue weighted by molar-refractivity contribution is 0.184. The van der Waals surface area contributed by atoms with Crippen LogP contribution in [0.2, 0.25) is 0 Å². The van der Waals surface area contributed by atoms with Gasteiger partial charge in [-0.2, -0.15) is 0 Å². The minimum absolute atomic E-state index is 0.0785. The van der Waals surface area contributed by atoms with Gasteiger partial charge in [0, 0.05) is 18.2 Å². The molecular formula is C26H16F4O. The standard InChI is InChI=1S/C26H16F4O/c1-31-15-17-4-8-22(24(28)11-17)20-13-25(29)23(26(30)14-20)9-3-16-2-5-19-12-21(27)7-6-18(19)10-16/h2,4-8,10-14H,15H2,1H3. The van der Waals surface area contributed by atoms with E-state index in [-0.39, 0.29) is 23.6 Å². The summed E-state index contributed by atoms with van der Waals surface area (Å²) in [5.74, 6) is 2.53. The number of hydrogen-bond donors (Lipinski definition) is 0. The Kier molecular flexibility index (Phi) is 5.75. The van der Waals surface area contributed by atoms with Gasteiger partial charge in [-0.3, -0.25) is 0 Å². The van der Waals surface area contributed by atoms with Gasteiger partial charge in [-0.25, -0.2) is 17.6 Å². The summed E-state index contributed by atoms with van der Waals surface area (Å²) in [6, 6.07) is 15.9. The van der Waals surface area contributed by atoms with E-state index in [1.54, 1.807) is 30.3 Å². The number of halogens is 4. The number of methoxy groups -OCH3 is 1. The first-order valence-corrected chi connectivity index (χ1v) is 9.43. The SMILES string of the molecule is COCc1ccc(-c2cc(F)c(C#Cc3ccc4cc(F)ccc4c3)c(F)c2)c(F)c1. The first kappa shape index (κ1) is 20.6. The van der Waals surface area contributed by atoms with Crippen LogP contribution in [0, 0.1) is 35.1 Å². The van der Waals surface area contributed by atoms with E-state index in [4.69, 9.17) is 4.74 Å². The van der Waals surface area contributed by atoms with Gasteiger partial charge in [-0.05, 0) is 64.4 Å². The average Bonchev–Trinajstić information content (AvgIpc) is 2.73. The van der Waals surface area contributed by atoms with Crippen LogP contribution in [0.4, 0.5) is 17.6 Å². The number of hydrogen-bond acceptors (Lipinski definition) is 1. The second-order valence-corrected chi connectivity index (χ2v) is 7.02. The highest BCUT2D eigenvalue weighted by molar-refractivity contribution is 5.84. The van der Waals surface area contributed by atoms with Crippen molar-refractivity contribution in [3.63, 3.8) is 0 Å². The highest BCUT2D eigenvalue weighted by Gasteiger charge is 2.13. The van der Waals surface area contributed by atoms with Crippen LogP contribution in [-0.4, -0.2) is 7.11 Å². The van der Waals surface area contributed by atoms with Crippen molar-refractivity contribution in [3.05, 3.63) is 107 Å². The Balaban J connectivity index is 1.67. The quantitative estimate of drug-likeness (QED) is 0.268. The summed E-state index contributed by atoms with van der Waals surface area (Å²) >= 11 is 0. The Bertz CT molecular complexity index is 1330. The Morgan fingerprint density at radius 1 is 0.710 bits per heavy atom. The molecule has 5 heteroatoms. The van der Waals surface area contributed by atoms with Crippen molar-refractivity contribution in [2.75, 3.05) is 7.11 Å². The zero-order chi connectivity index (χ0) is 22.0. The molecule has 0 N–H and O–H groups in total. The lowest BCUT2D eigenvalue weighted by Crippen LogP contribution is -1.95. The highest BCUT2D eigenvalue weighted by Crippen LogP contribution is 2.27. The maximum absolute atomic E-state index is 14.6. The van der Waals surface area contributed by atoms with Crippen LogP contribution in [0.5, 0.6) is 0 Å². The fourth-order valence-corrected chi connectivity index (χ4v) is 3.33. The van der Waals surface area contributed by atoms with Crippen LogP contribution >= 0.6 is 0 Å². The maximum Gasteiger partial charge on any atom is 0.142 e. The second kappa shape index (κ2) is 8.63. The highest BCUT2D eigenvalue weighted by atomic mass is 19.1. The van der Waals surface area contributed by atoms with Crippen molar-refractivity contribution in [1.29, 1.82) is 0 Å². The maximum atomic E-state index is 14.6. The van der Waals surface area contributed by atoms with Gasteiger partial charge >= 0.3 is 0 Å². The molecule has 0 aromatic heterocycles. The molecule has 1 nitrogen and oxygen atoms in total. The molecule has 0 heterocycles. The van der Waals surface area contributed by atoms with Crippen LogP contribution in [0.15, 0.2) is 66.7 Å². The summed E-state index contributed by atoms with van der Waals surface area (Å²) in [7, 11) is 1.49. The Morgan fingerprint density at radius 2 is 1.42 bits per heavy atom. The normalized spacial score (nSPS) is 10.7. The van der Waals surface area contributed by atoms with Crippen LogP contribution in [0.1, 0.15) is 16.7 Å². The Morgan fingerprint density at radius 3 is 2.13 bits per heavy atom. The summed E-state index contributed by atoms with van der Waals surface area (Å²) in [6.07, 6.45) is 0. The lowest BCUT2D eigenvalue weighted by Gasteiger charge is -2.08. The van der Waals surface area contributed by atoms with E-state index in [0.29, 0.717) is 16.5 Å². The zero-order valence-electron chi connectivity index (χ0n) is 16.5. The fraction of sp³-hybridized carbons (Fsp3) is 0.0769. The molecule has 154 valence electrons. The van der Waals surface area contributed by atoms with E-state index in [1.807, 2.05) is 0 Å². The molecule has 0 aliphatic rings. The van der Waals surface area contributed by atoms with E-state index in [9.17, 15) is 17.6 Å². The minimum Gasteiger partial charge on any atom is -0.380 e. The summed E-state index contributed by atoms with van der Waals surface area (Å²) in [5, 5.41) is 1.46. The minimum atomic E-state index is -0.884. The largest absolute Gasteiger partial charge is 0.380 e. The van der Waals surface area contributed by atoms with Gasteiger partial charge in [0.2, 0.25) is 0 Å². The smallest absolute Gasteiger partial charge is 0.142 e. The van der Waals surface area contributed by atoms with E-state index >= 15 is 0 Å². The lowest BCUT2D eigenvalue weighted by atomic mass is 10.0. The predicted octanol–water partition coefficient (Wildman–Crippen LogP) is 6.61. The van der Waals surface area contributed by atoms with Crippen LogP contribution in [0.3, 0.4) is 0 Å². The zero-order valence-corrected chi connectivity index (χ0v) is 16.5. The summed E-state index contributed by atoms with van der Waals surface area (Å²) < 4.78 is 61.8. The van der Waals surface area contributed by atoms with Gasteiger partial charge in [-0.15, -0.1) is 0 Å². The number of fused-ring (bicyclic) bond motifs is 1. The molecule has 0 radical (unpaired) electrons. The Labute approximate surface area is 176 Å². The van der Waals surface area contributed by atoms with E-state index < -0.39 is 23.0 Å². The fourth-order valence-electron chi connectivity index (χ4n) is 3.33. The summed E-state index contributed by atoms with van der Waals surface area (Å²) in [5.41, 5.74) is 0.903. The van der Waals surface area contributed by atoms with Crippen LogP contribution in [0.25, 0.3) is 21.9 Å². The Hall–Kier alpha value is -3.62. The monoisotopic (exact) mass is 420 g/mol. The number of ether oxygens (including phenoxy) is 1. The van der Waals surface area contributed by atoms with Gasteiger partial charge in [0.05, 0.1) is 12.2 Å². The van der Waals surface area contributed by atoms with Gasteiger partial charge in [0.1, 0.15) is 23.3 Å². The third kappa shape index (κ3) is 4.45. The van der Waals surface area contributed by atoms with Crippen molar-refractivity contribution in [1.82, 2.24) is 0 Å². The molecule has 0 atom stereocenters. The van der Waals surface area contributed by atoms with E-state index in [1.165, 1.54) is 31.4 Å². The van der Waals surface area contributed by atoms with Gasteiger partial charge < -0.3 is 4.74 Å². The van der Waals surface area contributed by atoms with Crippen molar-refractivity contribution >= 4 is 10.8 Å². The molecule has 31 heavy (non-hydrogen) atoms. The first-order valence-electron chi connectivity index (χ1n) is 9.43. The van der Waals surface area contributed by atoms with Crippen LogP contribution in [-0.2, 0) is 11.3 Å². The van der Waals surface area contributed by atoms with E-state index in [0.717, 1.165) is 17.5 Å². The van der Waals surface area contributed by atoms with Crippen LogP contribution < -0.4 is 0 Å².